The lowest BCUT2D eigenvalue weighted by molar-refractivity contribution is -0.121. The Labute approximate surface area is 114 Å². The van der Waals surface area contributed by atoms with Crippen molar-refractivity contribution >= 4 is 10.2 Å². The van der Waals surface area contributed by atoms with E-state index in [1.807, 2.05) is 4.72 Å². The molecule has 1 aliphatic carbocycles. The van der Waals surface area contributed by atoms with Crippen molar-refractivity contribution < 1.29 is 26.7 Å². The predicted molar refractivity (Wildman–Crippen MR) is 65.0 cm³/mol. The zero-order chi connectivity index (χ0) is 15.0. The van der Waals surface area contributed by atoms with Crippen LogP contribution in [0.2, 0.25) is 0 Å². The van der Waals surface area contributed by atoms with Crippen molar-refractivity contribution in [1.82, 2.24) is 9.44 Å². The van der Waals surface area contributed by atoms with Gasteiger partial charge in [0.25, 0.3) is 10.2 Å². The molecule has 1 aromatic rings. The molecular formula is C11H13F3N2O3S. The van der Waals surface area contributed by atoms with Gasteiger partial charge in [-0.15, -0.1) is 0 Å². The number of benzene rings is 1. The molecule has 1 aromatic carbocycles. The van der Waals surface area contributed by atoms with Crippen LogP contribution < -0.4 is 9.44 Å². The smallest absolute Gasteiger partial charge is 0.391 e. The van der Waals surface area contributed by atoms with E-state index in [-0.39, 0.29) is 6.42 Å². The molecule has 0 aromatic heterocycles. The molecule has 0 heterocycles. The standard InChI is InChI=1S/C11H13F3N2O3S/c12-11(13,14)6-15-20(18,19)16-10-8-4-2-1-3-7(8)5-9(10)17/h1-4,9-10,15-17H,5-6H2/t9-,10+/m0/s1. The SMILES string of the molecule is O=S(=O)(NCC(F)(F)F)N[C@@H]1c2ccccc2C[C@@H]1O. The van der Waals surface area contributed by atoms with Crippen LogP contribution in [0, 0.1) is 0 Å². The largest absolute Gasteiger partial charge is 0.402 e. The lowest BCUT2D eigenvalue weighted by Crippen LogP contribution is -2.44. The highest BCUT2D eigenvalue weighted by molar-refractivity contribution is 7.87. The molecule has 0 amide bonds. The highest BCUT2D eigenvalue weighted by Gasteiger charge is 2.35. The molecule has 1 aliphatic rings. The molecule has 0 spiro atoms. The summed E-state index contributed by atoms with van der Waals surface area (Å²) in [6, 6.07) is 5.82. The van der Waals surface area contributed by atoms with Crippen LogP contribution >= 0.6 is 0 Å². The van der Waals surface area contributed by atoms with Crippen LogP contribution in [0.15, 0.2) is 24.3 Å². The van der Waals surface area contributed by atoms with Crippen molar-refractivity contribution in [2.45, 2.75) is 24.7 Å². The Bertz CT molecular complexity index is 589. The summed E-state index contributed by atoms with van der Waals surface area (Å²) in [6.07, 6.45) is -5.39. The third-order valence-electron chi connectivity index (χ3n) is 2.95. The lowest BCUT2D eigenvalue weighted by Gasteiger charge is -2.18. The average Bonchev–Trinajstić information content (AvgIpc) is 2.63. The summed E-state index contributed by atoms with van der Waals surface area (Å²) in [4.78, 5) is 0. The lowest BCUT2D eigenvalue weighted by atomic mass is 10.1. The van der Waals surface area contributed by atoms with Crippen LogP contribution in [-0.4, -0.2) is 32.3 Å². The summed E-state index contributed by atoms with van der Waals surface area (Å²) in [7, 11) is -4.35. The van der Waals surface area contributed by atoms with Crippen LogP contribution in [0.5, 0.6) is 0 Å². The van der Waals surface area contributed by atoms with Crippen LogP contribution in [0.3, 0.4) is 0 Å². The zero-order valence-corrected chi connectivity index (χ0v) is 11.0. The molecule has 0 unspecified atom stereocenters. The van der Waals surface area contributed by atoms with Gasteiger partial charge in [0.15, 0.2) is 0 Å². The van der Waals surface area contributed by atoms with E-state index in [4.69, 9.17) is 0 Å². The molecule has 0 saturated carbocycles. The number of alkyl halides is 3. The van der Waals surface area contributed by atoms with Crippen molar-refractivity contribution in [3.63, 3.8) is 0 Å². The molecule has 2 atom stereocenters. The third-order valence-corrected chi connectivity index (χ3v) is 4.04. The van der Waals surface area contributed by atoms with E-state index in [1.54, 1.807) is 24.3 Å². The number of aliphatic hydroxyl groups is 1. The maximum absolute atomic E-state index is 12.0. The van der Waals surface area contributed by atoms with Crippen molar-refractivity contribution in [2.75, 3.05) is 6.54 Å². The first kappa shape index (κ1) is 15.2. The minimum atomic E-state index is -4.64. The van der Waals surface area contributed by atoms with Gasteiger partial charge in [-0.05, 0) is 11.1 Å². The monoisotopic (exact) mass is 310 g/mol. The van der Waals surface area contributed by atoms with Gasteiger partial charge in [0.05, 0.1) is 12.1 Å². The Kier molecular flexibility index (Phi) is 4.05. The van der Waals surface area contributed by atoms with Gasteiger partial charge >= 0.3 is 6.18 Å². The predicted octanol–water partition coefficient (Wildman–Crippen LogP) is 0.631. The first-order valence-electron chi connectivity index (χ1n) is 5.77. The molecule has 5 nitrogen and oxygen atoms in total. The average molecular weight is 310 g/mol. The summed E-state index contributed by atoms with van der Waals surface area (Å²) in [5, 5.41) is 9.82. The maximum atomic E-state index is 12.0. The Morgan fingerprint density at radius 3 is 2.60 bits per heavy atom. The molecule has 0 fully saturated rings. The number of nitrogens with one attached hydrogen (secondary N) is 2. The van der Waals surface area contributed by atoms with Crippen molar-refractivity contribution in [3.05, 3.63) is 35.4 Å². The van der Waals surface area contributed by atoms with E-state index in [2.05, 4.69) is 0 Å². The van der Waals surface area contributed by atoms with Crippen LogP contribution in [0.1, 0.15) is 17.2 Å². The fraction of sp³-hybridized carbons (Fsp3) is 0.455. The van der Waals surface area contributed by atoms with Gasteiger partial charge < -0.3 is 5.11 Å². The molecule has 9 heteroatoms. The molecule has 3 N–H and O–H groups in total. The molecule has 0 radical (unpaired) electrons. The molecule has 0 saturated heterocycles. The normalized spacial score (nSPS) is 22.8. The highest BCUT2D eigenvalue weighted by atomic mass is 32.2. The number of hydrogen-bond donors (Lipinski definition) is 3. The Morgan fingerprint density at radius 2 is 1.95 bits per heavy atom. The van der Waals surface area contributed by atoms with E-state index in [9.17, 15) is 26.7 Å². The van der Waals surface area contributed by atoms with Crippen molar-refractivity contribution in [3.8, 4) is 0 Å². The second-order valence-corrected chi connectivity index (χ2v) is 6.04. The van der Waals surface area contributed by atoms with Gasteiger partial charge in [0, 0.05) is 6.42 Å². The van der Waals surface area contributed by atoms with Gasteiger partial charge in [0.1, 0.15) is 6.54 Å². The van der Waals surface area contributed by atoms with Gasteiger partial charge in [0.2, 0.25) is 0 Å². The van der Waals surface area contributed by atoms with Gasteiger partial charge in [-0.3, -0.25) is 0 Å². The minimum absolute atomic E-state index is 0.253. The minimum Gasteiger partial charge on any atom is -0.391 e. The quantitative estimate of drug-likeness (QED) is 0.763. The second kappa shape index (κ2) is 5.32. The molecule has 20 heavy (non-hydrogen) atoms. The van der Waals surface area contributed by atoms with E-state index < -0.39 is 35.1 Å². The maximum Gasteiger partial charge on any atom is 0.402 e. The van der Waals surface area contributed by atoms with Gasteiger partial charge in [-0.2, -0.15) is 31.0 Å². The number of halogens is 3. The van der Waals surface area contributed by atoms with Crippen LogP contribution in [0.4, 0.5) is 13.2 Å². The summed E-state index contributed by atoms with van der Waals surface area (Å²) in [5.41, 5.74) is 1.33. The summed E-state index contributed by atoms with van der Waals surface area (Å²) in [6.45, 7) is -1.66. The first-order valence-corrected chi connectivity index (χ1v) is 7.26. The first-order chi connectivity index (χ1) is 9.18. The Balaban J connectivity index is 2.10. The topological polar surface area (TPSA) is 78.4 Å². The summed E-state index contributed by atoms with van der Waals surface area (Å²) in [5.74, 6) is 0. The van der Waals surface area contributed by atoms with E-state index >= 15 is 0 Å². The van der Waals surface area contributed by atoms with Crippen molar-refractivity contribution in [2.24, 2.45) is 0 Å². The second-order valence-electron chi connectivity index (χ2n) is 4.51. The van der Waals surface area contributed by atoms with E-state index in [0.29, 0.717) is 5.56 Å². The number of hydrogen-bond acceptors (Lipinski definition) is 3. The van der Waals surface area contributed by atoms with Gasteiger partial charge in [-0.1, -0.05) is 24.3 Å². The fourth-order valence-corrected chi connectivity index (χ4v) is 3.16. The number of rotatable bonds is 4. The van der Waals surface area contributed by atoms with Crippen LogP contribution in [0.25, 0.3) is 0 Å². The molecule has 112 valence electrons. The number of aliphatic hydroxyl groups excluding tert-OH is 1. The van der Waals surface area contributed by atoms with Gasteiger partial charge in [-0.25, -0.2) is 0 Å². The summed E-state index contributed by atoms with van der Waals surface area (Å²) >= 11 is 0. The highest BCUT2D eigenvalue weighted by Crippen LogP contribution is 2.31. The van der Waals surface area contributed by atoms with Crippen LogP contribution in [-0.2, 0) is 16.6 Å². The summed E-state index contributed by atoms with van der Waals surface area (Å²) < 4.78 is 62.6. The molecule has 0 aliphatic heterocycles. The zero-order valence-electron chi connectivity index (χ0n) is 10.2. The third kappa shape index (κ3) is 3.69. The van der Waals surface area contributed by atoms with Crippen molar-refractivity contribution in [1.29, 1.82) is 0 Å². The molecular weight excluding hydrogens is 297 g/mol. The fourth-order valence-electron chi connectivity index (χ4n) is 2.10. The molecule has 2 rings (SSSR count). The number of fused-ring (bicyclic) bond motifs is 1. The van der Waals surface area contributed by atoms with E-state index in [1.165, 1.54) is 4.72 Å². The molecule has 0 bridgehead atoms. The Morgan fingerprint density at radius 1 is 1.30 bits per heavy atom. The van der Waals surface area contributed by atoms with E-state index in [0.717, 1.165) is 5.56 Å². The Hall–Kier alpha value is -1.16.